The Morgan fingerprint density at radius 1 is 0.879 bits per heavy atom. The molecule has 0 saturated heterocycles. The summed E-state index contributed by atoms with van der Waals surface area (Å²) in [7, 11) is 1.50. The summed E-state index contributed by atoms with van der Waals surface area (Å²) < 4.78 is 22.0. The van der Waals surface area contributed by atoms with Crippen LogP contribution in [0.2, 0.25) is 5.02 Å². The highest BCUT2D eigenvalue weighted by Gasteiger charge is 2.16. The van der Waals surface area contributed by atoms with Crippen molar-refractivity contribution in [3.63, 3.8) is 0 Å². The van der Waals surface area contributed by atoms with Crippen LogP contribution in [0.4, 0.5) is 0 Å². The molecule has 0 aliphatic carbocycles. The largest absolute Gasteiger partial charge is 0.493 e. The maximum Gasteiger partial charge on any atom is 0.344 e. The molecule has 164 valence electrons. The first-order valence-corrected chi connectivity index (χ1v) is 10.5. The molecule has 7 heteroatoms. The average Bonchev–Trinajstić information content (AvgIpc) is 2.82. The second-order valence-corrected chi connectivity index (χ2v) is 7.75. The van der Waals surface area contributed by atoms with Crippen molar-refractivity contribution in [2.75, 3.05) is 7.11 Å². The topological polar surface area (TPSA) is 78.9 Å². The van der Waals surface area contributed by atoms with Gasteiger partial charge in [0.15, 0.2) is 11.3 Å². The van der Waals surface area contributed by atoms with Gasteiger partial charge in [-0.15, -0.1) is 0 Å². The quantitative estimate of drug-likeness (QED) is 0.308. The zero-order chi connectivity index (χ0) is 22.9. The van der Waals surface area contributed by atoms with E-state index in [9.17, 15) is 9.59 Å². The average molecular weight is 461 g/mol. The second-order valence-electron chi connectivity index (χ2n) is 7.34. The smallest absolute Gasteiger partial charge is 0.344 e. The zero-order valence-corrected chi connectivity index (χ0v) is 18.2. The molecule has 0 amide bonds. The number of ether oxygens (including phenoxy) is 2. The van der Waals surface area contributed by atoms with Crippen LogP contribution in [-0.4, -0.2) is 7.11 Å². The number of para-hydroxylation sites is 1. The summed E-state index contributed by atoms with van der Waals surface area (Å²) in [4.78, 5) is 25.1. The number of methoxy groups -OCH3 is 1. The lowest BCUT2D eigenvalue weighted by Gasteiger charge is -2.10. The van der Waals surface area contributed by atoms with Crippen molar-refractivity contribution in [2.24, 2.45) is 0 Å². The third-order valence-corrected chi connectivity index (χ3v) is 5.67. The Bertz CT molecular complexity index is 1620. The molecule has 0 fully saturated rings. The van der Waals surface area contributed by atoms with Crippen molar-refractivity contribution in [1.82, 2.24) is 0 Å². The Morgan fingerprint density at radius 3 is 2.55 bits per heavy atom. The van der Waals surface area contributed by atoms with Gasteiger partial charge >= 0.3 is 11.3 Å². The summed E-state index contributed by atoms with van der Waals surface area (Å²) >= 11 is 6.18. The van der Waals surface area contributed by atoms with Crippen molar-refractivity contribution in [3.8, 4) is 22.6 Å². The van der Waals surface area contributed by atoms with Crippen LogP contribution in [0.3, 0.4) is 0 Å². The monoisotopic (exact) mass is 460 g/mol. The fraction of sp³-hybridized carbons (Fsp3) is 0.0769. The summed E-state index contributed by atoms with van der Waals surface area (Å²) in [6, 6.07) is 20.8. The predicted molar refractivity (Wildman–Crippen MR) is 126 cm³/mol. The number of fused-ring (bicyclic) bond motifs is 2. The van der Waals surface area contributed by atoms with Crippen molar-refractivity contribution >= 4 is 33.5 Å². The Labute approximate surface area is 192 Å². The SMILES string of the molecule is COc1cccc2cc(-c3cc(=O)oc4cc(OCc5ccccc5Cl)ccc34)c(=O)oc12. The lowest BCUT2D eigenvalue weighted by Crippen LogP contribution is -2.07. The van der Waals surface area contributed by atoms with Gasteiger partial charge in [-0.3, -0.25) is 0 Å². The molecule has 3 aromatic carbocycles. The molecule has 0 unspecified atom stereocenters. The summed E-state index contributed by atoms with van der Waals surface area (Å²) in [6.45, 7) is 0.255. The van der Waals surface area contributed by atoms with E-state index >= 15 is 0 Å². The Morgan fingerprint density at radius 2 is 1.73 bits per heavy atom. The van der Waals surface area contributed by atoms with Crippen molar-refractivity contribution in [2.45, 2.75) is 6.61 Å². The molecule has 0 bridgehead atoms. The molecule has 2 aromatic heterocycles. The first kappa shape index (κ1) is 20.8. The normalized spacial score (nSPS) is 11.1. The van der Waals surface area contributed by atoms with Crippen LogP contribution in [-0.2, 0) is 6.61 Å². The van der Waals surface area contributed by atoms with Crippen LogP contribution in [0, 0.1) is 0 Å². The van der Waals surface area contributed by atoms with Gasteiger partial charge in [0.1, 0.15) is 17.9 Å². The molecule has 0 aliphatic heterocycles. The third kappa shape index (κ3) is 3.97. The molecular weight excluding hydrogens is 444 g/mol. The van der Waals surface area contributed by atoms with Crippen LogP contribution in [0.15, 0.2) is 91.2 Å². The molecule has 0 spiro atoms. The van der Waals surface area contributed by atoms with Crippen molar-refractivity contribution < 1.29 is 18.3 Å². The van der Waals surface area contributed by atoms with Crippen LogP contribution in [0.5, 0.6) is 11.5 Å². The number of benzene rings is 3. The summed E-state index contributed by atoms with van der Waals surface area (Å²) in [6.07, 6.45) is 0. The minimum absolute atomic E-state index is 0.249. The van der Waals surface area contributed by atoms with Crippen LogP contribution in [0.1, 0.15) is 5.56 Å². The minimum atomic E-state index is -0.592. The number of rotatable bonds is 5. The standard InChI is InChI=1S/C26H17ClO6/c1-30-22-8-4-6-15-11-20(26(29)33-25(15)22)19-13-24(28)32-23-12-17(9-10-18(19)23)31-14-16-5-2-3-7-21(16)27/h2-13H,14H2,1H3. The molecule has 0 N–H and O–H groups in total. The molecule has 0 atom stereocenters. The molecule has 2 heterocycles. The molecule has 0 saturated carbocycles. The van der Waals surface area contributed by atoms with Gasteiger partial charge in [-0.05, 0) is 30.3 Å². The number of halogens is 1. The van der Waals surface area contributed by atoms with Crippen molar-refractivity contribution in [3.05, 3.63) is 104 Å². The Hall–Kier alpha value is -4.03. The van der Waals surface area contributed by atoms with E-state index in [1.807, 2.05) is 18.2 Å². The van der Waals surface area contributed by atoms with Gasteiger partial charge < -0.3 is 18.3 Å². The van der Waals surface area contributed by atoms with Gasteiger partial charge in [-0.1, -0.05) is 41.9 Å². The highest BCUT2D eigenvalue weighted by Crippen LogP contribution is 2.32. The van der Waals surface area contributed by atoms with Crippen LogP contribution in [0.25, 0.3) is 33.1 Å². The molecule has 5 rings (SSSR count). The molecular formula is C26H17ClO6. The summed E-state index contributed by atoms with van der Waals surface area (Å²) in [5.41, 5.74) is 0.953. The number of hydrogen-bond donors (Lipinski definition) is 0. The zero-order valence-electron chi connectivity index (χ0n) is 17.5. The number of hydrogen-bond acceptors (Lipinski definition) is 6. The fourth-order valence-corrected chi connectivity index (χ4v) is 3.89. The third-order valence-electron chi connectivity index (χ3n) is 5.30. The highest BCUT2D eigenvalue weighted by atomic mass is 35.5. The van der Waals surface area contributed by atoms with Gasteiger partial charge in [-0.25, -0.2) is 9.59 Å². The first-order valence-electron chi connectivity index (χ1n) is 10.1. The predicted octanol–water partition coefficient (Wildman–Crippen LogP) is 5.81. The van der Waals surface area contributed by atoms with E-state index in [-0.39, 0.29) is 12.2 Å². The lowest BCUT2D eigenvalue weighted by molar-refractivity contribution is 0.306. The Kier molecular flexibility index (Phi) is 5.36. The van der Waals surface area contributed by atoms with Gasteiger partial charge in [0.25, 0.3) is 0 Å². The second kappa shape index (κ2) is 8.48. The van der Waals surface area contributed by atoms with Gasteiger partial charge in [0, 0.05) is 39.1 Å². The van der Waals surface area contributed by atoms with Gasteiger partial charge in [0.05, 0.1) is 12.7 Å². The molecule has 5 aromatic rings. The molecule has 0 aliphatic rings. The van der Waals surface area contributed by atoms with Gasteiger partial charge in [-0.2, -0.15) is 0 Å². The van der Waals surface area contributed by atoms with E-state index in [4.69, 9.17) is 29.9 Å². The minimum Gasteiger partial charge on any atom is -0.493 e. The van der Waals surface area contributed by atoms with Crippen molar-refractivity contribution in [1.29, 1.82) is 0 Å². The lowest BCUT2D eigenvalue weighted by atomic mass is 10.0. The summed E-state index contributed by atoms with van der Waals surface area (Å²) in [5, 5.41) is 1.85. The van der Waals surface area contributed by atoms with E-state index in [2.05, 4.69) is 0 Å². The highest BCUT2D eigenvalue weighted by molar-refractivity contribution is 6.31. The van der Waals surface area contributed by atoms with E-state index in [1.165, 1.54) is 13.2 Å². The first-order chi connectivity index (χ1) is 16.0. The van der Waals surface area contributed by atoms with E-state index in [0.717, 1.165) is 5.56 Å². The molecule has 0 radical (unpaired) electrons. The van der Waals surface area contributed by atoms with Gasteiger partial charge in [0.2, 0.25) is 0 Å². The van der Waals surface area contributed by atoms with E-state index < -0.39 is 11.3 Å². The van der Waals surface area contributed by atoms with E-state index in [1.54, 1.807) is 48.5 Å². The van der Waals surface area contributed by atoms with Crippen LogP contribution >= 0.6 is 11.6 Å². The Balaban J connectivity index is 1.58. The molecule has 33 heavy (non-hydrogen) atoms. The fourth-order valence-electron chi connectivity index (χ4n) is 3.70. The summed E-state index contributed by atoms with van der Waals surface area (Å²) in [5.74, 6) is 0.951. The maximum atomic E-state index is 12.8. The van der Waals surface area contributed by atoms with E-state index in [0.29, 0.717) is 44.0 Å². The molecule has 6 nitrogen and oxygen atoms in total. The van der Waals surface area contributed by atoms with Crippen LogP contribution < -0.4 is 20.7 Å². The maximum absolute atomic E-state index is 12.8.